The molecule has 0 aromatic rings. The van der Waals surface area contributed by atoms with Crippen molar-refractivity contribution < 1.29 is 0 Å². The van der Waals surface area contributed by atoms with Gasteiger partial charge in [0.05, 0.1) is 0 Å². The second kappa shape index (κ2) is 2.30. The lowest BCUT2D eigenvalue weighted by Gasteiger charge is -2.19. The first-order valence-corrected chi connectivity index (χ1v) is 3.24. The summed E-state index contributed by atoms with van der Waals surface area (Å²) in [6.45, 7) is 0. The third-order valence-corrected chi connectivity index (χ3v) is 1.27. The van der Waals surface area contributed by atoms with Crippen LogP contribution in [0.2, 0.25) is 0 Å². The van der Waals surface area contributed by atoms with E-state index < -0.39 is 5.12 Å². The van der Waals surface area contributed by atoms with E-state index in [1.165, 1.54) is 6.08 Å². The topological polar surface area (TPSA) is 76.4 Å². The lowest BCUT2D eigenvalue weighted by Crippen LogP contribution is -2.42. The van der Waals surface area contributed by atoms with Crippen LogP contribution in [0.25, 0.3) is 0 Å². The standard InChI is InChI=1S/C4H6Cl2N4/c5-2-1-4(6,8)10-3(7)9-2/h1H,8H2,(H3,7,9,10). The number of alkyl halides is 1. The quantitative estimate of drug-likeness (QED) is 0.358. The SMILES string of the molecule is NC1=NC(N)(Cl)C=C(Cl)N1. The molecule has 56 valence electrons. The van der Waals surface area contributed by atoms with Gasteiger partial charge < -0.3 is 11.1 Å². The van der Waals surface area contributed by atoms with Gasteiger partial charge in [-0.15, -0.1) is 0 Å². The summed E-state index contributed by atoms with van der Waals surface area (Å²) in [5, 5.41) is 1.51. The van der Waals surface area contributed by atoms with E-state index in [2.05, 4.69) is 10.3 Å². The van der Waals surface area contributed by atoms with Gasteiger partial charge in [0.1, 0.15) is 5.16 Å². The molecule has 1 aliphatic rings. The van der Waals surface area contributed by atoms with E-state index in [1.807, 2.05) is 0 Å². The Morgan fingerprint density at radius 2 is 2.30 bits per heavy atom. The lowest BCUT2D eigenvalue weighted by atomic mass is 10.4. The molecule has 0 aromatic heterocycles. The second-order valence-electron chi connectivity index (χ2n) is 1.84. The number of guanidine groups is 1. The van der Waals surface area contributed by atoms with Crippen molar-refractivity contribution in [2.24, 2.45) is 16.5 Å². The number of aliphatic imine (C=N–C) groups is 1. The second-order valence-corrected chi connectivity index (χ2v) is 2.85. The summed E-state index contributed by atoms with van der Waals surface area (Å²) in [5.41, 5.74) is 10.6. The molecule has 4 nitrogen and oxygen atoms in total. The molecule has 1 rings (SSSR count). The molecule has 1 heterocycles. The molecule has 6 heteroatoms. The molecule has 1 aliphatic heterocycles. The van der Waals surface area contributed by atoms with E-state index in [0.717, 1.165) is 0 Å². The molecule has 0 spiro atoms. The van der Waals surface area contributed by atoms with E-state index >= 15 is 0 Å². The maximum Gasteiger partial charge on any atom is 0.210 e. The van der Waals surface area contributed by atoms with Gasteiger partial charge in [0.2, 0.25) is 5.12 Å². The van der Waals surface area contributed by atoms with Gasteiger partial charge in [-0.25, -0.2) is 4.99 Å². The van der Waals surface area contributed by atoms with Crippen LogP contribution < -0.4 is 16.8 Å². The fourth-order valence-corrected chi connectivity index (χ4v) is 1.10. The first-order chi connectivity index (χ1) is 4.49. The summed E-state index contributed by atoms with van der Waals surface area (Å²) in [4.78, 5) is 3.63. The number of nitrogens with one attached hydrogen (secondary N) is 1. The molecule has 5 N–H and O–H groups in total. The average molecular weight is 181 g/mol. The van der Waals surface area contributed by atoms with Gasteiger partial charge in [-0.05, 0) is 0 Å². The Hall–Kier alpha value is -0.450. The molecule has 0 aliphatic carbocycles. The number of nitrogens with two attached hydrogens (primary N) is 2. The van der Waals surface area contributed by atoms with Gasteiger partial charge in [0.25, 0.3) is 0 Å². The largest absolute Gasteiger partial charge is 0.370 e. The molecule has 1 unspecified atom stereocenters. The smallest absolute Gasteiger partial charge is 0.210 e. The first-order valence-electron chi connectivity index (χ1n) is 2.48. The number of halogens is 2. The molecule has 0 saturated carbocycles. The Morgan fingerprint density at radius 3 is 2.70 bits per heavy atom. The van der Waals surface area contributed by atoms with Crippen molar-refractivity contribution in [3.8, 4) is 0 Å². The van der Waals surface area contributed by atoms with Crippen LogP contribution in [0.5, 0.6) is 0 Å². The molecule has 0 bridgehead atoms. The maximum atomic E-state index is 5.57. The number of nitrogens with zero attached hydrogens (tertiary/aromatic N) is 1. The Bertz CT molecular complexity index is 187. The summed E-state index contributed by atoms with van der Waals surface area (Å²) in [6.07, 6.45) is 1.35. The van der Waals surface area contributed by atoms with E-state index in [-0.39, 0.29) is 11.1 Å². The number of hydrogen-bond acceptors (Lipinski definition) is 4. The molecule has 0 radical (unpaired) electrons. The number of hydrogen-bond donors (Lipinski definition) is 3. The fraction of sp³-hybridized carbons (Fsp3) is 0.250. The Labute approximate surface area is 67.9 Å². The Balaban J connectivity index is 2.88. The highest BCUT2D eigenvalue weighted by Crippen LogP contribution is 2.17. The van der Waals surface area contributed by atoms with E-state index in [1.54, 1.807) is 0 Å². The molecule has 0 aromatic carbocycles. The van der Waals surface area contributed by atoms with Crippen molar-refractivity contribution >= 4 is 29.2 Å². The normalized spacial score (nSPS) is 32.3. The molecule has 1 atom stereocenters. The highest BCUT2D eigenvalue weighted by molar-refractivity contribution is 6.33. The summed E-state index contributed by atoms with van der Waals surface area (Å²) in [7, 11) is 0. The minimum atomic E-state index is -1.30. The fourth-order valence-electron chi connectivity index (χ4n) is 0.581. The van der Waals surface area contributed by atoms with Crippen LogP contribution in [-0.4, -0.2) is 11.1 Å². The lowest BCUT2D eigenvalue weighted by molar-refractivity contribution is 0.754. The first kappa shape index (κ1) is 7.65. The van der Waals surface area contributed by atoms with E-state index in [4.69, 9.17) is 34.7 Å². The van der Waals surface area contributed by atoms with Crippen LogP contribution >= 0.6 is 23.2 Å². The van der Waals surface area contributed by atoms with Crippen LogP contribution in [0.15, 0.2) is 16.2 Å². The Morgan fingerprint density at radius 1 is 1.70 bits per heavy atom. The van der Waals surface area contributed by atoms with Crippen molar-refractivity contribution in [3.05, 3.63) is 11.2 Å². The van der Waals surface area contributed by atoms with Crippen molar-refractivity contribution in [2.75, 3.05) is 0 Å². The average Bonchev–Trinajstić information content (AvgIpc) is 1.54. The predicted octanol–water partition coefficient (Wildman–Crippen LogP) is -0.164. The zero-order valence-corrected chi connectivity index (χ0v) is 6.45. The van der Waals surface area contributed by atoms with Crippen LogP contribution in [0, 0.1) is 0 Å². The van der Waals surface area contributed by atoms with Gasteiger partial charge in [-0.1, -0.05) is 23.2 Å². The van der Waals surface area contributed by atoms with Gasteiger partial charge >= 0.3 is 0 Å². The maximum absolute atomic E-state index is 5.57. The Kier molecular flexibility index (Phi) is 1.76. The van der Waals surface area contributed by atoms with Crippen LogP contribution in [0.4, 0.5) is 0 Å². The molecule has 0 fully saturated rings. The third kappa shape index (κ3) is 1.76. The van der Waals surface area contributed by atoms with Crippen molar-refractivity contribution in [1.82, 2.24) is 5.32 Å². The summed E-state index contributed by atoms with van der Waals surface area (Å²) in [5.74, 6) is 0.116. The van der Waals surface area contributed by atoms with Crippen LogP contribution in [0.1, 0.15) is 0 Å². The number of rotatable bonds is 0. The molecule has 0 saturated heterocycles. The van der Waals surface area contributed by atoms with Crippen molar-refractivity contribution in [3.63, 3.8) is 0 Å². The molecular formula is C4H6Cl2N4. The molecule has 10 heavy (non-hydrogen) atoms. The van der Waals surface area contributed by atoms with Crippen LogP contribution in [-0.2, 0) is 0 Å². The summed E-state index contributed by atoms with van der Waals surface area (Å²) >= 11 is 11.1. The van der Waals surface area contributed by atoms with Gasteiger partial charge in [0.15, 0.2) is 5.96 Å². The summed E-state index contributed by atoms with van der Waals surface area (Å²) < 4.78 is 0. The van der Waals surface area contributed by atoms with Crippen molar-refractivity contribution in [2.45, 2.75) is 5.12 Å². The molecular weight excluding hydrogens is 175 g/mol. The molecule has 0 amide bonds. The third-order valence-electron chi connectivity index (χ3n) is 0.868. The van der Waals surface area contributed by atoms with Crippen molar-refractivity contribution in [1.29, 1.82) is 0 Å². The minimum absolute atomic E-state index is 0.116. The predicted molar refractivity (Wildman–Crippen MR) is 41.5 cm³/mol. The van der Waals surface area contributed by atoms with E-state index in [0.29, 0.717) is 0 Å². The van der Waals surface area contributed by atoms with Gasteiger partial charge in [0, 0.05) is 6.08 Å². The highest BCUT2D eigenvalue weighted by atomic mass is 35.5. The van der Waals surface area contributed by atoms with Gasteiger partial charge in [-0.3, -0.25) is 5.73 Å². The highest BCUT2D eigenvalue weighted by Gasteiger charge is 2.22. The van der Waals surface area contributed by atoms with Crippen LogP contribution in [0.3, 0.4) is 0 Å². The zero-order chi connectivity index (χ0) is 7.78. The zero-order valence-electron chi connectivity index (χ0n) is 4.94. The van der Waals surface area contributed by atoms with E-state index in [9.17, 15) is 0 Å². The minimum Gasteiger partial charge on any atom is -0.370 e. The summed E-state index contributed by atoms with van der Waals surface area (Å²) in [6, 6.07) is 0. The van der Waals surface area contributed by atoms with Gasteiger partial charge in [-0.2, -0.15) is 0 Å². The monoisotopic (exact) mass is 180 g/mol.